The number of nitrogens with one attached hydrogen (secondary N) is 1. The van der Waals surface area contributed by atoms with Gasteiger partial charge in [-0.25, -0.2) is 8.78 Å². The fourth-order valence-corrected chi connectivity index (χ4v) is 3.44. The Balaban J connectivity index is 1.62. The molecule has 5 nitrogen and oxygen atoms in total. The van der Waals surface area contributed by atoms with Gasteiger partial charge in [0.15, 0.2) is 0 Å². The third-order valence-corrected chi connectivity index (χ3v) is 5.00. The van der Waals surface area contributed by atoms with Crippen molar-refractivity contribution < 1.29 is 23.1 Å². The molecular formula is C24H18F2N2O3. The van der Waals surface area contributed by atoms with E-state index < -0.39 is 11.6 Å². The van der Waals surface area contributed by atoms with Crippen LogP contribution in [-0.2, 0) is 6.54 Å². The summed E-state index contributed by atoms with van der Waals surface area (Å²) in [6, 6.07) is 13.6. The number of aldehydes is 1. The molecule has 3 aromatic carbocycles. The fourth-order valence-electron chi connectivity index (χ4n) is 3.44. The maximum Gasteiger partial charge on any atom is 0.254 e. The van der Waals surface area contributed by atoms with Crippen LogP contribution in [0.25, 0.3) is 6.08 Å². The second-order valence-corrected chi connectivity index (χ2v) is 6.99. The van der Waals surface area contributed by atoms with Crippen LogP contribution >= 0.6 is 0 Å². The predicted octanol–water partition coefficient (Wildman–Crippen LogP) is 4.92. The molecule has 3 aromatic rings. The third kappa shape index (κ3) is 4.16. The molecule has 0 aliphatic carbocycles. The molecule has 0 aromatic heterocycles. The highest BCUT2D eigenvalue weighted by atomic mass is 19.1. The molecule has 1 aliphatic rings. The summed E-state index contributed by atoms with van der Waals surface area (Å²) in [5, 5.41) is 2.75. The number of anilines is 1. The maximum atomic E-state index is 14.4. The minimum Gasteiger partial charge on any atom is -0.457 e. The first-order chi connectivity index (χ1) is 15.0. The number of carbonyl (C=O) groups is 2. The zero-order chi connectivity index (χ0) is 22.0. The number of amides is 1. The lowest BCUT2D eigenvalue weighted by Crippen LogP contribution is -2.43. The van der Waals surface area contributed by atoms with Gasteiger partial charge in [0.05, 0.1) is 17.9 Å². The number of rotatable bonds is 6. The molecule has 1 aliphatic heterocycles. The lowest BCUT2D eigenvalue weighted by molar-refractivity contribution is 0.0946. The monoisotopic (exact) mass is 420 g/mol. The summed E-state index contributed by atoms with van der Waals surface area (Å²) < 4.78 is 33.7. The van der Waals surface area contributed by atoms with Crippen LogP contribution in [0.1, 0.15) is 31.8 Å². The lowest BCUT2D eigenvalue weighted by Gasteiger charge is -2.32. The number of fused-ring (bicyclic) bond motifs is 1. The number of ether oxygens (including phenoxy) is 1. The zero-order valence-corrected chi connectivity index (χ0v) is 16.4. The number of benzene rings is 3. The molecule has 0 bridgehead atoms. The Morgan fingerprint density at radius 2 is 1.81 bits per heavy atom. The van der Waals surface area contributed by atoms with Gasteiger partial charge in [0, 0.05) is 23.7 Å². The van der Waals surface area contributed by atoms with E-state index in [1.54, 1.807) is 47.4 Å². The fraction of sp³-hybridized carbons (Fsp3) is 0.0833. The van der Waals surface area contributed by atoms with E-state index in [1.165, 1.54) is 12.1 Å². The smallest absolute Gasteiger partial charge is 0.254 e. The molecule has 0 radical (unpaired) electrons. The standard InChI is InChI=1S/C24H18F2N2O3/c1-2-16-9-17(25)10-22(26)21(16)12-28-14-27-24(30)20-11-19(7-8-23(20)28)31-18-5-3-15(13-29)4-6-18/h2-11,13H,1,12,14H2,(H,27,30). The highest BCUT2D eigenvalue weighted by Gasteiger charge is 2.25. The molecule has 0 atom stereocenters. The van der Waals surface area contributed by atoms with E-state index in [9.17, 15) is 18.4 Å². The molecule has 156 valence electrons. The molecule has 4 rings (SSSR count). The summed E-state index contributed by atoms with van der Waals surface area (Å²) in [5.41, 5.74) is 2.14. The SMILES string of the molecule is C=Cc1cc(F)cc(F)c1CN1CNC(=O)c2cc(Oc3ccc(C=O)cc3)ccc21. The summed E-state index contributed by atoms with van der Waals surface area (Å²) in [4.78, 5) is 25.0. The van der Waals surface area contributed by atoms with Gasteiger partial charge in [-0.3, -0.25) is 9.59 Å². The van der Waals surface area contributed by atoms with Crippen LogP contribution in [0.2, 0.25) is 0 Å². The van der Waals surface area contributed by atoms with Gasteiger partial charge in [0.2, 0.25) is 0 Å². The molecule has 1 heterocycles. The van der Waals surface area contributed by atoms with Gasteiger partial charge >= 0.3 is 0 Å². The highest BCUT2D eigenvalue weighted by Crippen LogP contribution is 2.32. The molecule has 1 N–H and O–H groups in total. The van der Waals surface area contributed by atoms with Crippen LogP contribution in [-0.4, -0.2) is 18.9 Å². The Labute approximate surface area is 177 Å². The van der Waals surface area contributed by atoms with E-state index in [0.717, 1.165) is 12.4 Å². The molecule has 0 saturated heterocycles. The summed E-state index contributed by atoms with van der Waals surface area (Å²) in [5.74, 6) is -0.674. The molecule has 7 heteroatoms. The van der Waals surface area contributed by atoms with Crippen LogP contribution in [0.4, 0.5) is 14.5 Å². The Morgan fingerprint density at radius 1 is 1.06 bits per heavy atom. The van der Waals surface area contributed by atoms with Crippen LogP contribution in [0, 0.1) is 11.6 Å². The second-order valence-electron chi connectivity index (χ2n) is 6.99. The largest absolute Gasteiger partial charge is 0.457 e. The van der Waals surface area contributed by atoms with E-state index in [1.807, 2.05) is 0 Å². The average Bonchev–Trinajstić information content (AvgIpc) is 2.77. The Hall–Kier alpha value is -4.00. The quantitative estimate of drug-likeness (QED) is 0.575. The topological polar surface area (TPSA) is 58.6 Å². The summed E-state index contributed by atoms with van der Waals surface area (Å²) in [6.07, 6.45) is 2.14. The number of carbonyl (C=O) groups excluding carboxylic acids is 2. The minimum atomic E-state index is -0.675. The van der Waals surface area contributed by atoms with Gasteiger partial charge in [0.1, 0.15) is 29.4 Å². The van der Waals surface area contributed by atoms with Crippen LogP contribution < -0.4 is 15.0 Å². The van der Waals surface area contributed by atoms with Crippen molar-refractivity contribution in [2.75, 3.05) is 11.6 Å². The predicted molar refractivity (Wildman–Crippen MR) is 113 cm³/mol. The van der Waals surface area contributed by atoms with Crippen molar-refractivity contribution in [2.24, 2.45) is 0 Å². The third-order valence-electron chi connectivity index (χ3n) is 5.00. The molecule has 0 fully saturated rings. The van der Waals surface area contributed by atoms with E-state index in [-0.39, 0.29) is 24.7 Å². The first kappa shape index (κ1) is 20.3. The van der Waals surface area contributed by atoms with Gasteiger partial charge in [-0.05, 0) is 54.1 Å². The van der Waals surface area contributed by atoms with Crippen molar-refractivity contribution in [2.45, 2.75) is 6.54 Å². The van der Waals surface area contributed by atoms with Gasteiger partial charge < -0.3 is 15.0 Å². The van der Waals surface area contributed by atoms with Crippen molar-refractivity contribution in [3.63, 3.8) is 0 Å². The van der Waals surface area contributed by atoms with Crippen molar-refractivity contribution in [1.82, 2.24) is 5.32 Å². The van der Waals surface area contributed by atoms with Crippen LogP contribution in [0.3, 0.4) is 0 Å². The molecular weight excluding hydrogens is 402 g/mol. The lowest BCUT2D eigenvalue weighted by atomic mass is 10.0. The zero-order valence-electron chi connectivity index (χ0n) is 16.4. The Kier molecular flexibility index (Phi) is 5.49. The van der Waals surface area contributed by atoms with E-state index in [2.05, 4.69) is 11.9 Å². The summed E-state index contributed by atoms with van der Waals surface area (Å²) in [7, 11) is 0. The van der Waals surface area contributed by atoms with Crippen molar-refractivity contribution in [3.05, 3.63) is 95.1 Å². The van der Waals surface area contributed by atoms with Gasteiger partial charge in [-0.1, -0.05) is 12.7 Å². The molecule has 0 unspecified atom stereocenters. The molecule has 31 heavy (non-hydrogen) atoms. The van der Waals surface area contributed by atoms with Crippen LogP contribution in [0.5, 0.6) is 11.5 Å². The van der Waals surface area contributed by atoms with Crippen LogP contribution in [0.15, 0.2) is 61.2 Å². The molecule has 0 spiro atoms. The normalized spacial score (nSPS) is 12.7. The van der Waals surface area contributed by atoms with Gasteiger partial charge in [-0.15, -0.1) is 0 Å². The van der Waals surface area contributed by atoms with Gasteiger partial charge in [-0.2, -0.15) is 0 Å². The first-order valence-corrected chi connectivity index (χ1v) is 9.49. The van der Waals surface area contributed by atoms with Crippen molar-refractivity contribution in [1.29, 1.82) is 0 Å². The minimum absolute atomic E-state index is 0.119. The number of halogens is 2. The summed E-state index contributed by atoms with van der Waals surface area (Å²) >= 11 is 0. The average molecular weight is 420 g/mol. The summed E-state index contributed by atoms with van der Waals surface area (Å²) in [6.45, 7) is 3.92. The van der Waals surface area contributed by atoms with E-state index in [0.29, 0.717) is 33.9 Å². The molecule has 1 amide bonds. The first-order valence-electron chi connectivity index (χ1n) is 9.49. The Bertz CT molecular complexity index is 1180. The highest BCUT2D eigenvalue weighted by molar-refractivity contribution is 6.02. The van der Waals surface area contributed by atoms with Gasteiger partial charge in [0.25, 0.3) is 5.91 Å². The Morgan fingerprint density at radius 3 is 2.52 bits per heavy atom. The second kappa shape index (κ2) is 8.39. The van der Waals surface area contributed by atoms with Crippen molar-refractivity contribution in [3.8, 4) is 11.5 Å². The number of hydrogen-bond acceptors (Lipinski definition) is 4. The number of hydrogen-bond donors (Lipinski definition) is 1. The maximum absolute atomic E-state index is 14.4. The number of nitrogens with zero attached hydrogens (tertiary/aromatic N) is 1. The van der Waals surface area contributed by atoms with E-state index >= 15 is 0 Å². The van der Waals surface area contributed by atoms with Crippen molar-refractivity contribution >= 4 is 24.0 Å². The molecule has 0 saturated carbocycles. The van der Waals surface area contributed by atoms with E-state index in [4.69, 9.17) is 4.74 Å².